The normalized spacial score (nSPS) is 12.1. The molecule has 0 saturated carbocycles. The quantitative estimate of drug-likeness (QED) is 0.801. The van der Waals surface area contributed by atoms with Gasteiger partial charge in [-0.15, -0.1) is 0 Å². The van der Waals surface area contributed by atoms with E-state index in [1.165, 1.54) is 18.4 Å². The average molecular weight is 252 g/mol. The Morgan fingerprint density at radius 3 is 2.00 bits per heavy atom. The number of hydrogen-bond acceptors (Lipinski definition) is 3. The molecular weight excluding hydrogens is 224 g/mol. The van der Waals surface area contributed by atoms with E-state index in [1.54, 1.807) is 0 Å². The summed E-state index contributed by atoms with van der Waals surface area (Å²) in [5, 5.41) is 7.67. The van der Waals surface area contributed by atoms with Crippen molar-refractivity contribution in [1.82, 2.24) is 10.5 Å². The van der Waals surface area contributed by atoms with E-state index in [1.807, 2.05) is 13.8 Å². The number of aryl methyl sites for hydroxylation is 2. The molecule has 1 heterocycles. The molecule has 0 atom stereocenters. The molecule has 0 spiro atoms. The van der Waals surface area contributed by atoms with Crippen molar-refractivity contribution >= 4 is 0 Å². The molecule has 0 fully saturated rings. The van der Waals surface area contributed by atoms with E-state index in [-0.39, 0.29) is 0 Å². The molecule has 0 aromatic carbocycles. The Kier molecular flexibility index (Phi) is 5.86. The van der Waals surface area contributed by atoms with Gasteiger partial charge in [0.15, 0.2) is 0 Å². The van der Waals surface area contributed by atoms with Crippen LogP contribution in [0.5, 0.6) is 0 Å². The lowest BCUT2D eigenvalue weighted by Crippen LogP contribution is -2.31. The van der Waals surface area contributed by atoms with Crippen LogP contribution >= 0.6 is 0 Å². The summed E-state index contributed by atoms with van der Waals surface area (Å²) in [4.78, 5) is 0. The first kappa shape index (κ1) is 15.2. The fourth-order valence-corrected chi connectivity index (χ4v) is 2.40. The SMILES string of the molecule is Cc1noc(C)c1CNC(CC(C)C)CC(C)C. The molecule has 18 heavy (non-hydrogen) atoms. The first-order valence-electron chi connectivity index (χ1n) is 7.05. The van der Waals surface area contributed by atoms with E-state index in [2.05, 4.69) is 38.2 Å². The minimum Gasteiger partial charge on any atom is -0.361 e. The number of nitrogens with zero attached hydrogens (tertiary/aromatic N) is 1. The molecule has 1 aromatic heterocycles. The summed E-state index contributed by atoms with van der Waals surface area (Å²) in [6.07, 6.45) is 2.45. The maximum absolute atomic E-state index is 5.20. The molecule has 104 valence electrons. The molecule has 0 saturated heterocycles. The minimum atomic E-state index is 0.582. The van der Waals surface area contributed by atoms with Crippen molar-refractivity contribution in [1.29, 1.82) is 0 Å². The Bertz CT molecular complexity index is 326. The summed E-state index contributed by atoms with van der Waals surface area (Å²) in [5.74, 6) is 2.39. The molecule has 0 unspecified atom stereocenters. The average Bonchev–Trinajstić information content (AvgIpc) is 2.54. The Morgan fingerprint density at radius 1 is 1.06 bits per heavy atom. The maximum atomic E-state index is 5.20. The first-order valence-corrected chi connectivity index (χ1v) is 7.05. The third-order valence-corrected chi connectivity index (χ3v) is 3.26. The number of hydrogen-bond donors (Lipinski definition) is 1. The standard InChI is InChI=1S/C15H28N2O/c1-10(2)7-14(8-11(3)4)16-9-15-12(5)17-18-13(15)6/h10-11,14,16H,7-9H2,1-6H3. The van der Waals surface area contributed by atoms with Gasteiger partial charge in [-0.25, -0.2) is 0 Å². The molecule has 0 bridgehead atoms. The van der Waals surface area contributed by atoms with Gasteiger partial charge in [-0.1, -0.05) is 32.9 Å². The topological polar surface area (TPSA) is 38.1 Å². The Balaban J connectivity index is 2.56. The van der Waals surface area contributed by atoms with Gasteiger partial charge in [0, 0.05) is 18.2 Å². The van der Waals surface area contributed by atoms with Gasteiger partial charge < -0.3 is 9.84 Å². The predicted molar refractivity (Wildman–Crippen MR) is 75.5 cm³/mol. The van der Waals surface area contributed by atoms with Crippen LogP contribution in [0, 0.1) is 25.7 Å². The molecule has 0 radical (unpaired) electrons. The molecule has 1 N–H and O–H groups in total. The molecule has 0 aliphatic heterocycles. The molecule has 1 rings (SSSR count). The zero-order chi connectivity index (χ0) is 13.7. The zero-order valence-corrected chi connectivity index (χ0v) is 12.7. The maximum Gasteiger partial charge on any atom is 0.138 e. The van der Waals surface area contributed by atoms with E-state index in [9.17, 15) is 0 Å². The lowest BCUT2D eigenvalue weighted by Gasteiger charge is -2.22. The fourth-order valence-electron chi connectivity index (χ4n) is 2.40. The second kappa shape index (κ2) is 6.93. The van der Waals surface area contributed by atoms with E-state index in [4.69, 9.17) is 4.52 Å². The number of rotatable bonds is 7. The fraction of sp³-hybridized carbons (Fsp3) is 0.800. The summed E-state index contributed by atoms with van der Waals surface area (Å²) in [6, 6.07) is 0.582. The van der Waals surface area contributed by atoms with E-state index in [0.717, 1.165) is 29.8 Å². The van der Waals surface area contributed by atoms with Gasteiger partial charge in [0.1, 0.15) is 5.76 Å². The highest BCUT2D eigenvalue weighted by Crippen LogP contribution is 2.16. The van der Waals surface area contributed by atoms with Gasteiger partial charge in [0.2, 0.25) is 0 Å². The molecular formula is C15H28N2O. The van der Waals surface area contributed by atoms with Crippen molar-refractivity contribution in [3.63, 3.8) is 0 Å². The summed E-state index contributed by atoms with van der Waals surface area (Å²) >= 11 is 0. The number of nitrogens with one attached hydrogen (secondary N) is 1. The highest BCUT2D eigenvalue weighted by molar-refractivity contribution is 5.20. The molecule has 3 nitrogen and oxygen atoms in total. The summed E-state index contributed by atoms with van der Waals surface area (Å²) in [6.45, 7) is 14.0. The summed E-state index contributed by atoms with van der Waals surface area (Å²) < 4.78 is 5.20. The van der Waals surface area contributed by atoms with E-state index >= 15 is 0 Å². The highest BCUT2D eigenvalue weighted by Gasteiger charge is 2.15. The predicted octanol–water partition coefficient (Wildman–Crippen LogP) is 3.84. The van der Waals surface area contributed by atoms with Crippen molar-refractivity contribution in [2.75, 3.05) is 0 Å². The van der Waals surface area contributed by atoms with Gasteiger partial charge in [0.05, 0.1) is 5.69 Å². The lowest BCUT2D eigenvalue weighted by atomic mass is 9.95. The highest BCUT2D eigenvalue weighted by atomic mass is 16.5. The number of aromatic nitrogens is 1. The molecule has 0 amide bonds. The van der Waals surface area contributed by atoms with Crippen LogP contribution in [0.25, 0.3) is 0 Å². The van der Waals surface area contributed by atoms with E-state index in [0.29, 0.717) is 6.04 Å². The van der Waals surface area contributed by atoms with Gasteiger partial charge in [-0.2, -0.15) is 0 Å². The van der Waals surface area contributed by atoms with Crippen LogP contribution < -0.4 is 5.32 Å². The van der Waals surface area contributed by atoms with Crippen LogP contribution in [-0.2, 0) is 6.54 Å². The van der Waals surface area contributed by atoms with Crippen molar-refractivity contribution < 1.29 is 4.52 Å². The van der Waals surface area contributed by atoms with Crippen molar-refractivity contribution in [3.05, 3.63) is 17.0 Å². The molecule has 0 aliphatic carbocycles. The van der Waals surface area contributed by atoms with Crippen molar-refractivity contribution in [2.45, 2.75) is 67.0 Å². The van der Waals surface area contributed by atoms with Crippen LogP contribution in [0.1, 0.15) is 57.6 Å². The monoisotopic (exact) mass is 252 g/mol. The second-order valence-electron chi connectivity index (χ2n) is 6.14. The van der Waals surface area contributed by atoms with Crippen LogP contribution in [0.15, 0.2) is 4.52 Å². The Morgan fingerprint density at radius 2 is 1.61 bits per heavy atom. The Labute approximate surface area is 111 Å². The van der Waals surface area contributed by atoms with Crippen LogP contribution in [0.4, 0.5) is 0 Å². The first-order chi connectivity index (χ1) is 8.40. The van der Waals surface area contributed by atoms with Crippen molar-refractivity contribution in [2.24, 2.45) is 11.8 Å². The molecule has 3 heteroatoms. The molecule has 1 aromatic rings. The smallest absolute Gasteiger partial charge is 0.138 e. The zero-order valence-electron chi connectivity index (χ0n) is 12.7. The van der Waals surface area contributed by atoms with Gasteiger partial charge in [-0.05, 0) is 38.5 Å². The second-order valence-corrected chi connectivity index (χ2v) is 6.14. The summed E-state index contributed by atoms with van der Waals surface area (Å²) in [7, 11) is 0. The van der Waals surface area contributed by atoms with Crippen LogP contribution in [0.3, 0.4) is 0 Å². The lowest BCUT2D eigenvalue weighted by molar-refractivity contribution is 0.356. The third-order valence-electron chi connectivity index (χ3n) is 3.26. The third kappa shape index (κ3) is 4.81. The van der Waals surface area contributed by atoms with Gasteiger partial charge in [0.25, 0.3) is 0 Å². The largest absolute Gasteiger partial charge is 0.361 e. The molecule has 0 aliphatic rings. The Hall–Kier alpha value is -0.830. The van der Waals surface area contributed by atoms with Crippen LogP contribution in [-0.4, -0.2) is 11.2 Å². The van der Waals surface area contributed by atoms with Crippen molar-refractivity contribution in [3.8, 4) is 0 Å². The van der Waals surface area contributed by atoms with Crippen LogP contribution in [0.2, 0.25) is 0 Å². The van der Waals surface area contributed by atoms with Gasteiger partial charge in [-0.3, -0.25) is 0 Å². The summed E-state index contributed by atoms with van der Waals surface area (Å²) in [5.41, 5.74) is 2.22. The minimum absolute atomic E-state index is 0.582. The van der Waals surface area contributed by atoms with E-state index < -0.39 is 0 Å². The van der Waals surface area contributed by atoms with Gasteiger partial charge >= 0.3 is 0 Å².